The molecule has 1 amide bonds. The molecule has 0 saturated carbocycles. The van der Waals surface area contributed by atoms with Crippen molar-refractivity contribution in [3.05, 3.63) is 23.9 Å². The molecule has 6 heteroatoms. The van der Waals surface area contributed by atoms with Gasteiger partial charge < -0.3 is 15.2 Å². The molecule has 0 bridgehead atoms. The molecular formula is C11H15N2O4+. The predicted molar refractivity (Wildman–Crippen MR) is 60.3 cm³/mol. The Labute approximate surface area is 99.0 Å². The number of esters is 1. The number of allylic oxidation sites excluding steroid dienone is 2. The fraction of sp³-hybridized carbons (Fsp3) is 0.364. The normalized spacial score (nSPS) is 14.4. The first-order chi connectivity index (χ1) is 8.13. The number of carbonyl (C=O) groups excluding carboxylic acids is 2. The quantitative estimate of drug-likeness (QED) is 0.573. The summed E-state index contributed by atoms with van der Waals surface area (Å²) < 4.78 is 11.1. The number of amides is 1. The standard InChI is InChI=1S/C11H14N2O4/c1-2-16-10(14)9-4-3-6-13(7-5-9)8-17-11(12)15/h3,5-7H,2,4,8H2,1H3,(H-,12,15)/p+1. The molecule has 1 aliphatic heterocycles. The molecule has 2 N–H and O–H groups in total. The molecule has 0 saturated heterocycles. The van der Waals surface area contributed by atoms with Gasteiger partial charge in [-0.25, -0.2) is 9.59 Å². The SMILES string of the molecule is CCOC(=O)C1=CC=[N+](COC(N)=O)C=CC1. The van der Waals surface area contributed by atoms with Crippen LogP contribution in [0.2, 0.25) is 0 Å². The Bertz CT molecular complexity index is 396. The van der Waals surface area contributed by atoms with Gasteiger partial charge in [-0.3, -0.25) is 0 Å². The molecule has 1 heterocycles. The number of ether oxygens (including phenoxy) is 2. The minimum Gasteiger partial charge on any atom is -0.463 e. The van der Waals surface area contributed by atoms with Crippen LogP contribution in [-0.2, 0) is 14.3 Å². The second-order valence-electron chi connectivity index (χ2n) is 3.26. The highest BCUT2D eigenvalue weighted by molar-refractivity contribution is 5.93. The van der Waals surface area contributed by atoms with E-state index in [1.807, 2.05) is 0 Å². The molecule has 0 fully saturated rings. The highest BCUT2D eigenvalue weighted by atomic mass is 16.6. The lowest BCUT2D eigenvalue weighted by molar-refractivity contribution is -0.491. The highest BCUT2D eigenvalue weighted by Gasteiger charge is 2.12. The Hall–Kier alpha value is -2.11. The first-order valence-electron chi connectivity index (χ1n) is 5.19. The van der Waals surface area contributed by atoms with Gasteiger partial charge in [-0.1, -0.05) is 0 Å². The van der Waals surface area contributed by atoms with E-state index in [-0.39, 0.29) is 12.7 Å². The zero-order chi connectivity index (χ0) is 12.7. The summed E-state index contributed by atoms with van der Waals surface area (Å²) >= 11 is 0. The van der Waals surface area contributed by atoms with E-state index in [4.69, 9.17) is 10.5 Å². The fourth-order valence-electron chi connectivity index (χ4n) is 1.22. The summed E-state index contributed by atoms with van der Waals surface area (Å²) in [6, 6.07) is 0. The summed E-state index contributed by atoms with van der Waals surface area (Å²) in [5.74, 6) is -0.342. The lowest BCUT2D eigenvalue weighted by Gasteiger charge is -2.01. The highest BCUT2D eigenvalue weighted by Crippen LogP contribution is 2.07. The van der Waals surface area contributed by atoms with Gasteiger partial charge in [0.2, 0.25) is 0 Å². The summed E-state index contributed by atoms with van der Waals surface area (Å²) in [4.78, 5) is 21.9. The van der Waals surface area contributed by atoms with Gasteiger partial charge in [0, 0.05) is 18.1 Å². The Kier molecular flexibility index (Phi) is 4.93. The molecule has 0 spiro atoms. The number of rotatable bonds is 4. The third kappa shape index (κ3) is 4.50. The molecule has 0 aliphatic carbocycles. The average Bonchev–Trinajstić information content (AvgIpc) is 2.52. The molecule has 1 aliphatic rings. The van der Waals surface area contributed by atoms with Crippen LogP contribution >= 0.6 is 0 Å². The molecule has 0 aromatic carbocycles. The zero-order valence-corrected chi connectivity index (χ0v) is 9.59. The van der Waals surface area contributed by atoms with Crippen LogP contribution in [0.3, 0.4) is 0 Å². The van der Waals surface area contributed by atoms with E-state index < -0.39 is 6.09 Å². The first-order valence-corrected chi connectivity index (χ1v) is 5.19. The summed E-state index contributed by atoms with van der Waals surface area (Å²) in [5.41, 5.74) is 5.39. The van der Waals surface area contributed by atoms with Crippen molar-refractivity contribution in [2.24, 2.45) is 5.73 Å². The number of primary amides is 1. The van der Waals surface area contributed by atoms with Crippen LogP contribution < -0.4 is 5.73 Å². The summed E-state index contributed by atoms with van der Waals surface area (Å²) in [6.07, 6.45) is 6.36. The summed E-state index contributed by atoms with van der Waals surface area (Å²) in [5, 5.41) is 0. The molecule has 0 aromatic rings. The molecule has 0 radical (unpaired) electrons. The van der Waals surface area contributed by atoms with Gasteiger partial charge in [0.05, 0.1) is 6.61 Å². The Morgan fingerprint density at radius 3 is 2.88 bits per heavy atom. The van der Waals surface area contributed by atoms with E-state index in [9.17, 15) is 9.59 Å². The van der Waals surface area contributed by atoms with Crippen LogP contribution in [0.1, 0.15) is 13.3 Å². The van der Waals surface area contributed by atoms with E-state index in [2.05, 4.69) is 4.74 Å². The van der Waals surface area contributed by atoms with Crippen LogP contribution in [-0.4, -0.2) is 36.2 Å². The van der Waals surface area contributed by atoms with E-state index in [0.29, 0.717) is 18.6 Å². The maximum atomic E-state index is 11.5. The van der Waals surface area contributed by atoms with Crippen molar-refractivity contribution in [2.75, 3.05) is 13.3 Å². The van der Waals surface area contributed by atoms with Gasteiger partial charge in [-0.15, -0.1) is 0 Å². The smallest absolute Gasteiger partial charge is 0.409 e. The lowest BCUT2D eigenvalue weighted by atomic mass is 10.2. The summed E-state index contributed by atoms with van der Waals surface area (Å²) in [7, 11) is 0. The lowest BCUT2D eigenvalue weighted by Crippen LogP contribution is -2.19. The molecular weight excluding hydrogens is 224 g/mol. The number of carbonyl (C=O) groups is 2. The van der Waals surface area contributed by atoms with Crippen molar-refractivity contribution in [3.63, 3.8) is 0 Å². The molecule has 0 atom stereocenters. The minimum absolute atomic E-state index is 0.0123. The zero-order valence-electron chi connectivity index (χ0n) is 9.59. The molecule has 0 aromatic heterocycles. The monoisotopic (exact) mass is 239 g/mol. The maximum Gasteiger partial charge on any atom is 0.409 e. The van der Waals surface area contributed by atoms with Crippen molar-refractivity contribution >= 4 is 18.3 Å². The molecule has 1 rings (SSSR count). The van der Waals surface area contributed by atoms with E-state index in [1.54, 1.807) is 36.1 Å². The third-order valence-electron chi connectivity index (χ3n) is 2.00. The van der Waals surface area contributed by atoms with Crippen molar-refractivity contribution in [2.45, 2.75) is 13.3 Å². The van der Waals surface area contributed by atoms with Crippen molar-refractivity contribution in [1.82, 2.24) is 0 Å². The third-order valence-corrected chi connectivity index (χ3v) is 2.00. The van der Waals surface area contributed by atoms with E-state index >= 15 is 0 Å². The first kappa shape index (κ1) is 13.0. The summed E-state index contributed by atoms with van der Waals surface area (Å²) in [6.45, 7) is 2.11. The van der Waals surface area contributed by atoms with Gasteiger partial charge in [0.25, 0.3) is 6.73 Å². The molecule has 17 heavy (non-hydrogen) atoms. The minimum atomic E-state index is -0.842. The second kappa shape index (κ2) is 6.47. The number of nitrogens with two attached hydrogens (primary N) is 1. The van der Waals surface area contributed by atoms with Crippen molar-refractivity contribution in [1.29, 1.82) is 0 Å². The van der Waals surface area contributed by atoms with Gasteiger partial charge >= 0.3 is 12.1 Å². The molecule has 0 unspecified atom stereocenters. The Morgan fingerprint density at radius 2 is 2.24 bits per heavy atom. The van der Waals surface area contributed by atoms with Gasteiger partial charge in [0.15, 0.2) is 12.4 Å². The number of hydrogen-bond donors (Lipinski definition) is 1. The van der Waals surface area contributed by atoms with Gasteiger partial charge in [-0.05, 0) is 13.0 Å². The van der Waals surface area contributed by atoms with Crippen LogP contribution in [0.5, 0.6) is 0 Å². The predicted octanol–water partition coefficient (Wildman–Crippen LogP) is 0.529. The number of nitrogens with zero attached hydrogens (tertiary/aromatic N) is 1. The fourth-order valence-corrected chi connectivity index (χ4v) is 1.22. The molecule has 92 valence electrons. The van der Waals surface area contributed by atoms with E-state index in [1.165, 1.54) is 0 Å². The number of hydrogen-bond acceptors (Lipinski definition) is 4. The van der Waals surface area contributed by atoms with Crippen molar-refractivity contribution < 1.29 is 23.6 Å². The van der Waals surface area contributed by atoms with Crippen LogP contribution in [0, 0.1) is 0 Å². The topological polar surface area (TPSA) is 81.6 Å². The van der Waals surface area contributed by atoms with Crippen molar-refractivity contribution in [3.8, 4) is 0 Å². The maximum absolute atomic E-state index is 11.5. The van der Waals surface area contributed by atoms with Gasteiger partial charge in [-0.2, -0.15) is 4.58 Å². The largest absolute Gasteiger partial charge is 0.463 e. The van der Waals surface area contributed by atoms with Crippen LogP contribution in [0.15, 0.2) is 23.9 Å². The Balaban J connectivity index is 2.65. The Morgan fingerprint density at radius 1 is 1.47 bits per heavy atom. The van der Waals surface area contributed by atoms with Crippen LogP contribution in [0.4, 0.5) is 4.79 Å². The van der Waals surface area contributed by atoms with E-state index in [0.717, 1.165) is 0 Å². The molecule has 6 nitrogen and oxygen atoms in total. The van der Waals surface area contributed by atoms with Crippen LogP contribution in [0.25, 0.3) is 0 Å². The average molecular weight is 239 g/mol. The second-order valence-corrected chi connectivity index (χ2v) is 3.26. The van der Waals surface area contributed by atoms with Gasteiger partial charge in [0.1, 0.15) is 0 Å².